The number of halogens is 2. The summed E-state index contributed by atoms with van der Waals surface area (Å²) in [4.78, 5) is 12.1. The van der Waals surface area contributed by atoms with Crippen molar-refractivity contribution in [1.29, 1.82) is 0 Å². The van der Waals surface area contributed by atoms with Crippen LogP contribution in [0.5, 0.6) is 0 Å². The molecule has 122 valence electrons. The van der Waals surface area contributed by atoms with Crippen molar-refractivity contribution in [2.24, 2.45) is 0 Å². The number of aryl methyl sites for hydroxylation is 1. The average molecular weight is 358 g/mol. The molecule has 0 spiro atoms. The summed E-state index contributed by atoms with van der Waals surface area (Å²) >= 11 is 11.9. The monoisotopic (exact) mass is 357 g/mol. The first-order valence-electron chi connectivity index (χ1n) is 7.81. The van der Waals surface area contributed by atoms with Crippen LogP contribution in [0.15, 0.2) is 60.7 Å². The van der Waals surface area contributed by atoms with Crippen molar-refractivity contribution in [3.05, 3.63) is 81.8 Å². The average Bonchev–Trinajstić information content (AvgIpc) is 2.61. The first-order valence-corrected chi connectivity index (χ1v) is 8.56. The molecule has 0 atom stereocenters. The van der Waals surface area contributed by atoms with E-state index in [1.807, 2.05) is 36.4 Å². The van der Waals surface area contributed by atoms with E-state index in [4.69, 9.17) is 23.2 Å². The Balaban J connectivity index is 1.58. The molecule has 0 heterocycles. The van der Waals surface area contributed by atoms with Gasteiger partial charge in [-0.05, 0) is 40.5 Å². The van der Waals surface area contributed by atoms with Crippen LogP contribution in [0, 0.1) is 0 Å². The molecule has 4 heteroatoms. The standard InChI is InChI=1S/C20H17Cl2NO/c21-18-10-8-14(12-19(18)22)9-11-20(24)23-13-16-6-3-5-15-4-1-2-7-17(15)16/h1-8,10,12H,9,11,13H2,(H,23,24). The van der Waals surface area contributed by atoms with Gasteiger partial charge >= 0.3 is 0 Å². The normalized spacial score (nSPS) is 10.8. The molecule has 3 aromatic carbocycles. The van der Waals surface area contributed by atoms with Crippen molar-refractivity contribution in [1.82, 2.24) is 5.32 Å². The number of hydrogen-bond donors (Lipinski definition) is 1. The number of carbonyl (C=O) groups is 1. The minimum atomic E-state index is 0.0222. The molecule has 0 radical (unpaired) electrons. The molecule has 2 nitrogen and oxygen atoms in total. The molecule has 3 rings (SSSR count). The Morgan fingerprint density at radius 3 is 2.54 bits per heavy atom. The minimum absolute atomic E-state index is 0.0222. The molecule has 1 amide bonds. The molecule has 0 aliphatic rings. The van der Waals surface area contributed by atoms with E-state index in [1.165, 1.54) is 10.8 Å². The molecule has 0 aliphatic carbocycles. The summed E-state index contributed by atoms with van der Waals surface area (Å²) in [6.45, 7) is 0.529. The van der Waals surface area contributed by atoms with Crippen molar-refractivity contribution in [2.45, 2.75) is 19.4 Å². The van der Waals surface area contributed by atoms with Crippen molar-refractivity contribution < 1.29 is 4.79 Å². The fourth-order valence-corrected chi connectivity index (χ4v) is 3.00. The zero-order chi connectivity index (χ0) is 16.9. The Labute approximate surface area is 151 Å². The van der Waals surface area contributed by atoms with Gasteiger partial charge in [0.1, 0.15) is 0 Å². The molecule has 0 aromatic heterocycles. The SMILES string of the molecule is O=C(CCc1ccc(Cl)c(Cl)c1)NCc1cccc2ccccc12. The Morgan fingerprint density at radius 2 is 1.71 bits per heavy atom. The Hall–Kier alpha value is -2.03. The Morgan fingerprint density at radius 1 is 0.917 bits per heavy atom. The Bertz CT molecular complexity index is 871. The second kappa shape index (κ2) is 7.69. The summed E-state index contributed by atoms with van der Waals surface area (Å²) in [5, 5.41) is 6.39. The summed E-state index contributed by atoms with van der Waals surface area (Å²) in [6, 6.07) is 19.8. The lowest BCUT2D eigenvalue weighted by atomic mass is 10.0. The van der Waals surface area contributed by atoms with E-state index in [-0.39, 0.29) is 5.91 Å². The predicted molar refractivity (Wildman–Crippen MR) is 101 cm³/mol. The van der Waals surface area contributed by atoms with Crippen LogP contribution in [0.4, 0.5) is 0 Å². The summed E-state index contributed by atoms with van der Waals surface area (Å²) in [7, 11) is 0. The third kappa shape index (κ3) is 4.08. The van der Waals surface area contributed by atoms with Crippen LogP contribution in [0.3, 0.4) is 0 Å². The van der Waals surface area contributed by atoms with Crippen LogP contribution >= 0.6 is 23.2 Å². The molecule has 1 N–H and O–H groups in total. The first kappa shape index (κ1) is 16.8. The smallest absolute Gasteiger partial charge is 0.220 e. The van der Waals surface area contributed by atoms with E-state index < -0.39 is 0 Å². The van der Waals surface area contributed by atoms with Gasteiger partial charge in [-0.3, -0.25) is 4.79 Å². The van der Waals surface area contributed by atoms with Gasteiger partial charge in [-0.2, -0.15) is 0 Å². The maximum Gasteiger partial charge on any atom is 0.220 e. The lowest BCUT2D eigenvalue weighted by molar-refractivity contribution is -0.121. The van der Waals surface area contributed by atoms with E-state index in [0.717, 1.165) is 11.1 Å². The van der Waals surface area contributed by atoms with Gasteiger partial charge in [0.05, 0.1) is 10.0 Å². The molecule has 3 aromatic rings. The zero-order valence-corrected chi connectivity index (χ0v) is 14.6. The van der Waals surface area contributed by atoms with Crippen LogP contribution in [-0.4, -0.2) is 5.91 Å². The summed E-state index contributed by atoms with van der Waals surface area (Å²) in [6.07, 6.45) is 1.06. The lowest BCUT2D eigenvalue weighted by Crippen LogP contribution is -2.23. The highest BCUT2D eigenvalue weighted by atomic mass is 35.5. The number of rotatable bonds is 5. The van der Waals surface area contributed by atoms with Gasteiger partial charge < -0.3 is 5.32 Å². The second-order valence-electron chi connectivity index (χ2n) is 5.66. The molecular weight excluding hydrogens is 341 g/mol. The van der Waals surface area contributed by atoms with Gasteiger partial charge in [0.2, 0.25) is 5.91 Å². The number of nitrogens with one attached hydrogen (secondary N) is 1. The summed E-state index contributed by atoms with van der Waals surface area (Å²) in [5.74, 6) is 0.0222. The highest BCUT2D eigenvalue weighted by Crippen LogP contribution is 2.23. The number of benzene rings is 3. The van der Waals surface area contributed by atoms with Crippen molar-refractivity contribution in [2.75, 3.05) is 0 Å². The molecule has 24 heavy (non-hydrogen) atoms. The maximum absolute atomic E-state index is 12.1. The van der Waals surface area contributed by atoms with Crippen LogP contribution < -0.4 is 5.32 Å². The highest BCUT2D eigenvalue weighted by Gasteiger charge is 2.06. The third-order valence-corrected chi connectivity index (χ3v) is 4.72. The van der Waals surface area contributed by atoms with Gasteiger partial charge in [-0.15, -0.1) is 0 Å². The van der Waals surface area contributed by atoms with Gasteiger partial charge in [0, 0.05) is 13.0 Å². The summed E-state index contributed by atoms with van der Waals surface area (Å²) < 4.78 is 0. The van der Waals surface area contributed by atoms with Crippen molar-refractivity contribution in [3.8, 4) is 0 Å². The van der Waals surface area contributed by atoms with Gasteiger partial charge in [-0.1, -0.05) is 71.7 Å². The number of hydrogen-bond acceptors (Lipinski definition) is 1. The molecule has 0 fully saturated rings. The van der Waals surface area contributed by atoms with Crippen LogP contribution in [0.1, 0.15) is 17.5 Å². The van der Waals surface area contributed by atoms with E-state index in [0.29, 0.717) is 29.4 Å². The van der Waals surface area contributed by atoms with E-state index in [2.05, 4.69) is 23.5 Å². The van der Waals surface area contributed by atoms with Gasteiger partial charge in [0.15, 0.2) is 0 Å². The number of amides is 1. The molecule has 0 bridgehead atoms. The predicted octanol–water partition coefficient (Wildman–Crippen LogP) is 5.40. The van der Waals surface area contributed by atoms with E-state index >= 15 is 0 Å². The highest BCUT2D eigenvalue weighted by molar-refractivity contribution is 6.42. The molecule has 0 saturated carbocycles. The van der Waals surface area contributed by atoms with Crippen molar-refractivity contribution in [3.63, 3.8) is 0 Å². The fourth-order valence-electron chi connectivity index (χ4n) is 2.68. The topological polar surface area (TPSA) is 29.1 Å². The fraction of sp³-hybridized carbons (Fsp3) is 0.150. The van der Waals surface area contributed by atoms with Crippen LogP contribution in [0.25, 0.3) is 10.8 Å². The molecule has 0 saturated heterocycles. The maximum atomic E-state index is 12.1. The quantitative estimate of drug-likeness (QED) is 0.650. The molecule has 0 aliphatic heterocycles. The number of fused-ring (bicyclic) bond motifs is 1. The largest absolute Gasteiger partial charge is 0.352 e. The minimum Gasteiger partial charge on any atom is -0.352 e. The lowest BCUT2D eigenvalue weighted by Gasteiger charge is -2.09. The van der Waals surface area contributed by atoms with E-state index in [9.17, 15) is 4.79 Å². The second-order valence-corrected chi connectivity index (χ2v) is 6.48. The number of carbonyl (C=O) groups excluding carboxylic acids is 1. The van der Waals surface area contributed by atoms with Crippen LogP contribution in [0.2, 0.25) is 10.0 Å². The first-order chi connectivity index (χ1) is 11.6. The zero-order valence-electron chi connectivity index (χ0n) is 13.1. The third-order valence-electron chi connectivity index (χ3n) is 3.98. The summed E-state index contributed by atoms with van der Waals surface area (Å²) in [5.41, 5.74) is 2.13. The van der Waals surface area contributed by atoms with Gasteiger partial charge in [-0.25, -0.2) is 0 Å². The molecular formula is C20H17Cl2NO. The Kier molecular flexibility index (Phi) is 5.39. The van der Waals surface area contributed by atoms with Crippen LogP contribution in [-0.2, 0) is 17.8 Å². The van der Waals surface area contributed by atoms with Gasteiger partial charge in [0.25, 0.3) is 0 Å². The van der Waals surface area contributed by atoms with E-state index in [1.54, 1.807) is 6.07 Å². The van der Waals surface area contributed by atoms with Crippen molar-refractivity contribution >= 4 is 39.9 Å². The molecule has 0 unspecified atom stereocenters.